The summed E-state index contributed by atoms with van der Waals surface area (Å²) in [7, 11) is 0. The van der Waals surface area contributed by atoms with Crippen LogP contribution >= 0.6 is 0 Å². The van der Waals surface area contributed by atoms with Crippen LogP contribution in [0.2, 0.25) is 0 Å². The van der Waals surface area contributed by atoms with E-state index in [1.807, 2.05) is 6.07 Å². The summed E-state index contributed by atoms with van der Waals surface area (Å²) in [5, 5.41) is 6.47. The van der Waals surface area contributed by atoms with Gasteiger partial charge in [-0.3, -0.25) is 14.3 Å². The zero-order valence-electron chi connectivity index (χ0n) is 14.3. The maximum absolute atomic E-state index is 12.4. The lowest BCUT2D eigenvalue weighted by molar-refractivity contribution is 0.325. The van der Waals surface area contributed by atoms with Crippen LogP contribution in [0.4, 0.5) is 11.5 Å². The van der Waals surface area contributed by atoms with E-state index >= 15 is 0 Å². The van der Waals surface area contributed by atoms with Crippen LogP contribution in [0.25, 0.3) is 0 Å². The molecule has 0 saturated carbocycles. The summed E-state index contributed by atoms with van der Waals surface area (Å²) in [5.41, 5.74) is 3.08. The summed E-state index contributed by atoms with van der Waals surface area (Å²) in [5.74, 6) is 0.838. The summed E-state index contributed by atoms with van der Waals surface area (Å²) in [4.78, 5) is 27.6. The van der Waals surface area contributed by atoms with Crippen LogP contribution in [-0.4, -0.2) is 22.6 Å². The second-order valence-corrected chi connectivity index (χ2v) is 7.09. The Balaban J connectivity index is 1.53. The average molecular weight is 340 g/mol. The SMILES string of the molecule is O=c1cc(Nc2ccc3c(c2)CCC3)[nH]c(=O)n1CC1CCNCC1. The van der Waals surface area contributed by atoms with Gasteiger partial charge in [0.25, 0.3) is 5.56 Å². The summed E-state index contributed by atoms with van der Waals surface area (Å²) in [6.45, 7) is 2.40. The summed E-state index contributed by atoms with van der Waals surface area (Å²) in [6, 6.07) is 7.72. The smallest absolute Gasteiger partial charge is 0.329 e. The minimum Gasteiger partial charge on any atom is -0.342 e. The molecule has 0 spiro atoms. The number of benzene rings is 1. The molecule has 0 unspecified atom stereocenters. The number of nitrogens with zero attached hydrogens (tertiary/aromatic N) is 1. The van der Waals surface area contributed by atoms with Crippen molar-refractivity contribution in [2.75, 3.05) is 18.4 Å². The van der Waals surface area contributed by atoms with Gasteiger partial charge in [0.15, 0.2) is 0 Å². The van der Waals surface area contributed by atoms with E-state index in [0.717, 1.165) is 44.5 Å². The average Bonchev–Trinajstić information content (AvgIpc) is 3.07. The van der Waals surface area contributed by atoms with Crippen LogP contribution < -0.4 is 21.9 Å². The highest BCUT2D eigenvalue weighted by molar-refractivity contribution is 5.58. The van der Waals surface area contributed by atoms with Crippen molar-refractivity contribution >= 4 is 11.5 Å². The van der Waals surface area contributed by atoms with E-state index in [2.05, 4.69) is 27.8 Å². The Morgan fingerprint density at radius 1 is 1.08 bits per heavy atom. The molecule has 0 bridgehead atoms. The van der Waals surface area contributed by atoms with Crippen molar-refractivity contribution in [1.82, 2.24) is 14.9 Å². The molecular formula is C19H24N4O2. The van der Waals surface area contributed by atoms with Crippen LogP contribution in [0, 0.1) is 5.92 Å². The molecule has 3 N–H and O–H groups in total. The van der Waals surface area contributed by atoms with Crippen LogP contribution in [0.3, 0.4) is 0 Å². The number of nitrogens with one attached hydrogen (secondary N) is 3. The number of aromatic nitrogens is 2. The molecule has 1 aromatic heterocycles. The molecule has 4 rings (SSSR count). The predicted molar refractivity (Wildman–Crippen MR) is 98.7 cm³/mol. The fourth-order valence-corrected chi connectivity index (χ4v) is 3.89. The van der Waals surface area contributed by atoms with Gasteiger partial charge in [-0.05, 0) is 74.4 Å². The van der Waals surface area contributed by atoms with Crippen molar-refractivity contribution in [3.05, 3.63) is 56.2 Å². The maximum atomic E-state index is 12.4. The van der Waals surface area contributed by atoms with Gasteiger partial charge in [0, 0.05) is 18.3 Å². The third-order valence-corrected chi connectivity index (χ3v) is 5.30. The van der Waals surface area contributed by atoms with Crippen LogP contribution in [0.5, 0.6) is 0 Å². The molecule has 6 heteroatoms. The number of hydrogen-bond donors (Lipinski definition) is 3. The minimum absolute atomic E-state index is 0.244. The van der Waals surface area contributed by atoms with Gasteiger partial charge in [-0.1, -0.05) is 6.07 Å². The number of fused-ring (bicyclic) bond motifs is 1. The molecule has 1 aromatic carbocycles. The molecule has 2 heterocycles. The number of hydrogen-bond acceptors (Lipinski definition) is 4. The Bertz CT molecular complexity index is 846. The van der Waals surface area contributed by atoms with Gasteiger partial charge in [0.05, 0.1) is 0 Å². The zero-order valence-corrected chi connectivity index (χ0v) is 14.3. The summed E-state index contributed by atoms with van der Waals surface area (Å²) >= 11 is 0. The number of aryl methyl sites for hydroxylation is 2. The highest BCUT2D eigenvalue weighted by atomic mass is 16.2. The van der Waals surface area contributed by atoms with E-state index in [1.165, 1.54) is 28.2 Å². The van der Waals surface area contributed by atoms with E-state index in [4.69, 9.17) is 0 Å². The van der Waals surface area contributed by atoms with Gasteiger partial charge in [0.2, 0.25) is 0 Å². The second kappa shape index (κ2) is 6.88. The number of aromatic amines is 1. The van der Waals surface area contributed by atoms with Gasteiger partial charge in [-0.25, -0.2) is 4.79 Å². The lowest BCUT2D eigenvalue weighted by Crippen LogP contribution is -2.39. The third kappa shape index (κ3) is 3.54. The second-order valence-electron chi connectivity index (χ2n) is 7.09. The molecule has 132 valence electrons. The van der Waals surface area contributed by atoms with Crippen molar-refractivity contribution in [3.8, 4) is 0 Å². The number of piperidine rings is 1. The highest BCUT2D eigenvalue weighted by Gasteiger charge is 2.16. The zero-order chi connectivity index (χ0) is 17.2. The lowest BCUT2D eigenvalue weighted by atomic mass is 9.98. The normalized spacial score (nSPS) is 17.4. The molecule has 1 aliphatic heterocycles. The quantitative estimate of drug-likeness (QED) is 0.793. The predicted octanol–water partition coefficient (Wildman–Crippen LogP) is 1.77. The molecular weight excluding hydrogens is 316 g/mol. The molecule has 25 heavy (non-hydrogen) atoms. The fourth-order valence-electron chi connectivity index (χ4n) is 3.89. The van der Waals surface area contributed by atoms with E-state index < -0.39 is 0 Å². The molecule has 0 radical (unpaired) electrons. The lowest BCUT2D eigenvalue weighted by Gasteiger charge is -2.22. The highest BCUT2D eigenvalue weighted by Crippen LogP contribution is 2.25. The fraction of sp³-hybridized carbons (Fsp3) is 0.474. The Hall–Kier alpha value is -2.34. The van der Waals surface area contributed by atoms with Crippen LogP contribution in [-0.2, 0) is 19.4 Å². The van der Waals surface area contributed by atoms with Gasteiger partial charge >= 0.3 is 5.69 Å². The molecule has 1 aliphatic carbocycles. The molecule has 1 fully saturated rings. The summed E-state index contributed by atoms with van der Waals surface area (Å²) in [6.07, 6.45) is 5.43. The molecule has 1 saturated heterocycles. The van der Waals surface area contributed by atoms with Gasteiger partial charge in [0.1, 0.15) is 5.82 Å². The van der Waals surface area contributed by atoms with E-state index in [0.29, 0.717) is 18.3 Å². The monoisotopic (exact) mass is 340 g/mol. The van der Waals surface area contributed by atoms with E-state index in [1.54, 1.807) is 0 Å². The molecule has 0 atom stereocenters. The first kappa shape index (κ1) is 16.1. The van der Waals surface area contributed by atoms with Gasteiger partial charge < -0.3 is 10.6 Å². The summed E-state index contributed by atoms with van der Waals surface area (Å²) < 4.78 is 1.32. The van der Waals surface area contributed by atoms with Crippen molar-refractivity contribution in [1.29, 1.82) is 0 Å². The minimum atomic E-state index is -0.338. The Morgan fingerprint density at radius 3 is 2.68 bits per heavy atom. The van der Waals surface area contributed by atoms with Crippen molar-refractivity contribution in [2.24, 2.45) is 5.92 Å². The number of anilines is 2. The number of H-pyrrole nitrogens is 1. The molecule has 2 aliphatic rings. The van der Waals surface area contributed by atoms with E-state index in [-0.39, 0.29) is 11.2 Å². The molecule has 6 nitrogen and oxygen atoms in total. The van der Waals surface area contributed by atoms with Crippen LogP contribution in [0.15, 0.2) is 33.9 Å². The van der Waals surface area contributed by atoms with Gasteiger partial charge in [-0.2, -0.15) is 0 Å². The largest absolute Gasteiger partial charge is 0.342 e. The van der Waals surface area contributed by atoms with Crippen LogP contribution in [0.1, 0.15) is 30.4 Å². The topological polar surface area (TPSA) is 78.9 Å². The first-order chi connectivity index (χ1) is 12.2. The maximum Gasteiger partial charge on any atom is 0.329 e. The Morgan fingerprint density at radius 2 is 1.88 bits per heavy atom. The number of rotatable bonds is 4. The standard InChI is InChI=1S/C19H24N4O2/c24-18-11-17(21-16-5-4-14-2-1-3-15(14)10-16)22-19(25)23(18)12-13-6-8-20-9-7-13/h4-5,10-11,13,20-21H,1-3,6-9,12H2,(H,22,25). The molecule has 2 aromatic rings. The van der Waals surface area contributed by atoms with Crippen molar-refractivity contribution in [3.63, 3.8) is 0 Å². The van der Waals surface area contributed by atoms with Crippen molar-refractivity contribution < 1.29 is 0 Å². The molecule has 0 amide bonds. The first-order valence-corrected chi connectivity index (χ1v) is 9.13. The third-order valence-electron chi connectivity index (χ3n) is 5.30. The van der Waals surface area contributed by atoms with E-state index in [9.17, 15) is 9.59 Å². The Kier molecular flexibility index (Phi) is 4.44. The van der Waals surface area contributed by atoms with Crippen molar-refractivity contribution in [2.45, 2.75) is 38.6 Å². The Labute approximate surface area is 146 Å². The first-order valence-electron chi connectivity index (χ1n) is 9.13. The van der Waals surface area contributed by atoms with Gasteiger partial charge in [-0.15, -0.1) is 0 Å².